The molecule has 0 aliphatic heterocycles. The Labute approximate surface area is 185 Å². The van der Waals surface area contributed by atoms with Crippen LogP contribution in [-0.4, -0.2) is 40.1 Å². The first-order chi connectivity index (χ1) is 14.9. The molecule has 160 valence electrons. The van der Waals surface area contributed by atoms with E-state index < -0.39 is 11.9 Å². The molecule has 8 heteroatoms. The molecule has 3 rings (SSSR count). The lowest BCUT2D eigenvalue weighted by molar-refractivity contribution is -0.141. The van der Waals surface area contributed by atoms with E-state index in [0.29, 0.717) is 17.3 Å². The maximum Gasteiger partial charge on any atom is 0.325 e. The molecule has 7 nitrogen and oxygen atoms in total. The average molecular weight is 440 g/mol. The topological polar surface area (TPSA) is 101 Å². The number of nitrogens with one attached hydrogen (secondary N) is 1. The van der Waals surface area contributed by atoms with Crippen LogP contribution >= 0.6 is 11.6 Å². The zero-order valence-corrected chi connectivity index (χ0v) is 17.9. The number of esters is 1. The molecule has 0 aliphatic rings. The molecule has 0 spiro atoms. The Morgan fingerprint density at radius 3 is 2.26 bits per heavy atom. The van der Waals surface area contributed by atoms with Crippen molar-refractivity contribution < 1.29 is 19.4 Å². The van der Waals surface area contributed by atoms with Crippen molar-refractivity contribution in [2.75, 3.05) is 13.2 Å². The number of rotatable bonds is 7. The van der Waals surface area contributed by atoms with E-state index in [2.05, 4.69) is 15.3 Å². The van der Waals surface area contributed by atoms with Gasteiger partial charge in [-0.15, -0.1) is 0 Å². The highest BCUT2D eigenvalue weighted by Gasteiger charge is 2.19. The molecule has 0 saturated heterocycles. The predicted molar refractivity (Wildman–Crippen MR) is 117 cm³/mol. The lowest BCUT2D eigenvalue weighted by Crippen LogP contribution is -2.31. The average Bonchev–Trinajstić information content (AvgIpc) is 2.76. The minimum Gasteiger partial charge on any atom is -0.504 e. The number of hydrogen-bond donors (Lipinski definition) is 2. The van der Waals surface area contributed by atoms with Gasteiger partial charge in [0, 0.05) is 11.4 Å². The summed E-state index contributed by atoms with van der Waals surface area (Å²) in [6, 6.07) is 15.5. The van der Waals surface area contributed by atoms with Gasteiger partial charge < -0.3 is 15.2 Å². The summed E-state index contributed by atoms with van der Waals surface area (Å²) in [5, 5.41) is 13.3. The number of aromatic nitrogens is 2. The van der Waals surface area contributed by atoms with Crippen molar-refractivity contribution in [3.05, 3.63) is 76.3 Å². The second-order valence-corrected chi connectivity index (χ2v) is 7.23. The van der Waals surface area contributed by atoms with E-state index in [9.17, 15) is 14.7 Å². The Morgan fingerprint density at radius 2 is 1.65 bits per heavy atom. The second-order valence-electron chi connectivity index (χ2n) is 6.79. The van der Waals surface area contributed by atoms with Crippen LogP contribution in [-0.2, 0) is 16.0 Å². The molecule has 0 bridgehead atoms. The first-order valence-electron chi connectivity index (χ1n) is 9.72. The number of aryl methyl sites for hydroxylation is 1. The molecule has 2 N–H and O–H groups in total. The van der Waals surface area contributed by atoms with Crippen molar-refractivity contribution in [2.45, 2.75) is 20.3 Å². The van der Waals surface area contributed by atoms with Crippen LogP contribution in [0.3, 0.4) is 0 Å². The van der Waals surface area contributed by atoms with E-state index in [-0.39, 0.29) is 30.3 Å². The Hall–Kier alpha value is -3.45. The fourth-order valence-electron chi connectivity index (χ4n) is 2.95. The van der Waals surface area contributed by atoms with E-state index in [1.54, 1.807) is 13.8 Å². The van der Waals surface area contributed by atoms with Crippen LogP contribution in [0.4, 0.5) is 0 Å². The third-order valence-corrected chi connectivity index (χ3v) is 4.76. The fraction of sp³-hybridized carbons (Fsp3) is 0.217. The lowest BCUT2D eigenvalue weighted by Gasteiger charge is -2.10. The minimum absolute atomic E-state index is 0.176. The number of carbonyl (C=O) groups excluding carboxylic acids is 2. The van der Waals surface area contributed by atoms with Crippen LogP contribution in [0.5, 0.6) is 5.75 Å². The summed E-state index contributed by atoms with van der Waals surface area (Å²) in [7, 11) is 0. The van der Waals surface area contributed by atoms with Crippen LogP contribution in [0.15, 0.2) is 48.5 Å². The van der Waals surface area contributed by atoms with Crippen molar-refractivity contribution >= 4 is 23.5 Å². The van der Waals surface area contributed by atoms with Crippen molar-refractivity contribution in [1.29, 1.82) is 0 Å². The number of amides is 1. The van der Waals surface area contributed by atoms with Crippen LogP contribution in [0, 0.1) is 6.92 Å². The summed E-state index contributed by atoms with van der Waals surface area (Å²) in [6.45, 7) is 3.17. The van der Waals surface area contributed by atoms with Crippen molar-refractivity contribution in [2.24, 2.45) is 0 Å². The standard InChI is InChI=1S/C23H22ClN3O4/c1-3-31-20(28)13-25-23(30)21-22(29)14(2)26-19(27-21)12-15-4-6-16(7-5-15)17-8-10-18(24)11-9-17/h4-11,29H,3,12-13H2,1-2H3,(H,25,30). The van der Waals surface area contributed by atoms with Crippen molar-refractivity contribution in [1.82, 2.24) is 15.3 Å². The van der Waals surface area contributed by atoms with Gasteiger partial charge in [0.15, 0.2) is 11.4 Å². The number of carbonyl (C=O) groups is 2. The number of nitrogens with zero attached hydrogens (tertiary/aromatic N) is 2. The molecule has 3 aromatic rings. The van der Waals surface area contributed by atoms with Crippen molar-refractivity contribution in [3.8, 4) is 16.9 Å². The first-order valence-corrected chi connectivity index (χ1v) is 10.1. The SMILES string of the molecule is CCOC(=O)CNC(=O)c1nc(Cc2ccc(-c3ccc(Cl)cc3)cc2)nc(C)c1O. The third-order valence-electron chi connectivity index (χ3n) is 4.51. The summed E-state index contributed by atoms with van der Waals surface area (Å²) < 4.78 is 4.78. The normalized spacial score (nSPS) is 10.5. The van der Waals surface area contributed by atoms with Gasteiger partial charge in [0.25, 0.3) is 5.91 Å². The lowest BCUT2D eigenvalue weighted by atomic mass is 10.0. The summed E-state index contributed by atoms with van der Waals surface area (Å²) in [5.41, 5.74) is 3.14. The summed E-state index contributed by atoms with van der Waals surface area (Å²) >= 11 is 5.94. The van der Waals surface area contributed by atoms with Crippen LogP contribution < -0.4 is 5.32 Å². The van der Waals surface area contributed by atoms with Crippen LogP contribution in [0.1, 0.15) is 34.5 Å². The Morgan fingerprint density at radius 1 is 1.03 bits per heavy atom. The fourth-order valence-corrected chi connectivity index (χ4v) is 3.08. The highest BCUT2D eigenvalue weighted by atomic mass is 35.5. The monoisotopic (exact) mass is 439 g/mol. The smallest absolute Gasteiger partial charge is 0.325 e. The summed E-state index contributed by atoms with van der Waals surface area (Å²) in [4.78, 5) is 32.3. The molecule has 0 unspecified atom stereocenters. The van der Waals surface area contributed by atoms with Gasteiger partial charge in [-0.2, -0.15) is 0 Å². The maximum atomic E-state index is 12.4. The molecule has 0 radical (unpaired) electrons. The zero-order chi connectivity index (χ0) is 22.4. The van der Waals surface area contributed by atoms with E-state index in [1.165, 1.54) is 0 Å². The van der Waals surface area contributed by atoms with Gasteiger partial charge in [0.1, 0.15) is 12.4 Å². The number of benzene rings is 2. The number of ether oxygens (including phenoxy) is 1. The van der Waals surface area contributed by atoms with Gasteiger partial charge in [0.2, 0.25) is 0 Å². The molecule has 1 amide bonds. The quantitative estimate of drug-likeness (QED) is 0.544. The Balaban J connectivity index is 1.75. The summed E-state index contributed by atoms with van der Waals surface area (Å²) in [5.74, 6) is -1.17. The van der Waals surface area contributed by atoms with E-state index in [1.807, 2.05) is 48.5 Å². The number of hydrogen-bond acceptors (Lipinski definition) is 6. The number of aromatic hydroxyl groups is 1. The second kappa shape index (κ2) is 10.0. The van der Waals surface area contributed by atoms with Gasteiger partial charge in [-0.1, -0.05) is 48.0 Å². The molecule has 0 saturated carbocycles. The Kier molecular flexibility index (Phi) is 7.20. The number of halogens is 1. The molecule has 31 heavy (non-hydrogen) atoms. The summed E-state index contributed by atoms with van der Waals surface area (Å²) in [6.07, 6.45) is 0.375. The maximum absolute atomic E-state index is 12.4. The first kappa shape index (κ1) is 22.2. The van der Waals surface area contributed by atoms with Gasteiger partial charge in [-0.25, -0.2) is 9.97 Å². The molecular weight excluding hydrogens is 418 g/mol. The molecule has 0 aliphatic carbocycles. The molecule has 2 aromatic carbocycles. The van der Waals surface area contributed by atoms with Gasteiger partial charge in [0.05, 0.1) is 12.3 Å². The van der Waals surface area contributed by atoms with Crippen LogP contribution in [0.25, 0.3) is 11.1 Å². The molecule has 0 fully saturated rings. The highest BCUT2D eigenvalue weighted by Crippen LogP contribution is 2.23. The molecular formula is C23H22ClN3O4. The third kappa shape index (κ3) is 5.79. The van der Waals surface area contributed by atoms with Crippen molar-refractivity contribution in [3.63, 3.8) is 0 Å². The van der Waals surface area contributed by atoms with Crippen LogP contribution in [0.2, 0.25) is 5.02 Å². The molecule has 1 heterocycles. The van der Waals surface area contributed by atoms with Gasteiger partial charge in [-0.05, 0) is 42.7 Å². The zero-order valence-electron chi connectivity index (χ0n) is 17.2. The minimum atomic E-state index is -0.671. The Bertz CT molecular complexity index is 1080. The molecule has 0 atom stereocenters. The molecule has 1 aromatic heterocycles. The predicted octanol–water partition coefficient (Wildman–Crippen LogP) is 3.69. The van der Waals surface area contributed by atoms with E-state index in [4.69, 9.17) is 16.3 Å². The van der Waals surface area contributed by atoms with E-state index in [0.717, 1.165) is 16.7 Å². The van der Waals surface area contributed by atoms with E-state index >= 15 is 0 Å². The highest BCUT2D eigenvalue weighted by molar-refractivity contribution is 6.30. The largest absolute Gasteiger partial charge is 0.504 e. The van der Waals surface area contributed by atoms with Gasteiger partial charge in [-0.3, -0.25) is 9.59 Å². The van der Waals surface area contributed by atoms with Gasteiger partial charge >= 0.3 is 5.97 Å².